The van der Waals surface area contributed by atoms with Crippen LogP contribution in [0.5, 0.6) is 0 Å². The first-order valence-corrected chi connectivity index (χ1v) is 8.75. The Bertz CT molecular complexity index is 387. The summed E-state index contributed by atoms with van der Waals surface area (Å²) >= 11 is 0. The Morgan fingerprint density at radius 1 is 1.00 bits per heavy atom. The van der Waals surface area contributed by atoms with Crippen molar-refractivity contribution in [2.45, 2.75) is 77.6 Å². The largest absolute Gasteiger partial charge is 0.284 e. The highest BCUT2D eigenvalue weighted by Gasteiger charge is 2.54. The van der Waals surface area contributed by atoms with Crippen LogP contribution < -0.4 is 0 Å². The number of rotatable bonds is 5. The van der Waals surface area contributed by atoms with E-state index in [-0.39, 0.29) is 5.41 Å². The van der Waals surface area contributed by atoms with Crippen molar-refractivity contribution < 1.29 is 4.79 Å². The van der Waals surface area contributed by atoms with E-state index in [9.17, 15) is 4.79 Å². The number of carbonyl (C=O) groups is 1. The molecule has 0 unspecified atom stereocenters. The van der Waals surface area contributed by atoms with Crippen molar-refractivity contribution in [3.8, 4) is 11.8 Å². The summed E-state index contributed by atoms with van der Waals surface area (Å²) in [6, 6.07) is 0. The Morgan fingerprint density at radius 2 is 1.60 bits per heavy atom. The minimum absolute atomic E-state index is 0.00876. The Labute approximate surface area is 123 Å². The zero-order valence-electron chi connectivity index (χ0n) is 12.9. The number of Topliss-reactive ketones (excluding diaryl/α,β-unsaturated/α-hetero) is 1. The van der Waals surface area contributed by atoms with Crippen molar-refractivity contribution in [1.82, 2.24) is 0 Å². The number of unbranched alkanes of at least 4 members (excludes halogenated alkanes) is 4. The summed E-state index contributed by atoms with van der Waals surface area (Å²) in [6.45, 7) is 2.22. The van der Waals surface area contributed by atoms with E-state index in [1.165, 1.54) is 38.5 Å². The summed E-state index contributed by atoms with van der Waals surface area (Å²) in [7, 11) is 0. The average Bonchev–Trinajstić information content (AvgIpc) is 2.41. The van der Waals surface area contributed by atoms with Crippen molar-refractivity contribution in [3.63, 3.8) is 0 Å². The van der Waals surface area contributed by atoms with E-state index >= 15 is 0 Å². The van der Waals surface area contributed by atoms with E-state index < -0.39 is 0 Å². The van der Waals surface area contributed by atoms with E-state index in [2.05, 4.69) is 18.8 Å². The summed E-state index contributed by atoms with van der Waals surface area (Å²) in [5.41, 5.74) is -0.00876. The smallest absolute Gasteiger partial charge is 0.211 e. The van der Waals surface area contributed by atoms with Crippen LogP contribution in [0.2, 0.25) is 0 Å². The molecule has 0 atom stereocenters. The second-order valence-corrected chi connectivity index (χ2v) is 7.64. The van der Waals surface area contributed by atoms with Crippen molar-refractivity contribution in [1.29, 1.82) is 0 Å². The van der Waals surface area contributed by atoms with E-state index in [4.69, 9.17) is 0 Å². The standard InChI is InChI=1S/C19H28O/c1-2-3-4-5-6-7-8-18(20)19-12-15-9-16(13-19)11-17(10-15)14-19/h15-17H,2-6,9-14H2,1H3. The molecule has 20 heavy (non-hydrogen) atoms. The van der Waals surface area contributed by atoms with Crippen LogP contribution >= 0.6 is 0 Å². The fraction of sp³-hybridized carbons (Fsp3) is 0.842. The minimum atomic E-state index is -0.00876. The molecule has 0 amide bonds. The molecular formula is C19H28O. The van der Waals surface area contributed by atoms with E-state index in [0.29, 0.717) is 5.78 Å². The second kappa shape index (κ2) is 5.92. The van der Waals surface area contributed by atoms with Crippen molar-refractivity contribution >= 4 is 5.78 Å². The van der Waals surface area contributed by atoms with Gasteiger partial charge in [-0.25, -0.2) is 0 Å². The molecule has 4 aliphatic rings. The number of ketones is 1. The van der Waals surface area contributed by atoms with Gasteiger partial charge in [-0.15, -0.1) is 0 Å². The first kappa shape index (κ1) is 14.2. The van der Waals surface area contributed by atoms with Gasteiger partial charge in [-0.2, -0.15) is 0 Å². The molecule has 0 aromatic carbocycles. The molecule has 4 bridgehead atoms. The summed E-state index contributed by atoms with van der Waals surface area (Å²) in [6.07, 6.45) is 13.6. The Hall–Kier alpha value is -0.770. The number of hydrogen-bond donors (Lipinski definition) is 0. The minimum Gasteiger partial charge on any atom is -0.284 e. The molecule has 1 nitrogen and oxygen atoms in total. The Balaban J connectivity index is 1.56. The zero-order chi connectivity index (χ0) is 14.0. The van der Waals surface area contributed by atoms with Crippen molar-refractivity contribution in [2.24, 2.45) is 23.2 Å². The van der Waals surface area contributed by atoms with Gasteiger partial charge in [-0.3, -0.25) is 4.79 Å². The van der Waals surface area contributed by atoms with Gasteiger partial charge in [0.25, 0.3) is 0 Å². The molecular weight excluding hydrogens is 244 g/mol. The molecule has 0 saturated heterocycles. The van der Waals surface area contributed by atoms with Crippen LogP contribution in [0.15, 0.2) is 0 Å². The predicted octanol–water partition coefficient (Wildman–Crippen LogP) is 4.75. The summed E-state index contributed by atoms with van der Waals surface area (Å²) in [4.78, 5) is 12.6. The van der Waals surface area contributed by atoms with Crippen LogP contribution in [-0.4, -0.2) is 5.78 Å². The molecule has 0 spiro atoms. The maximum absolute atomic E-state index is 12.6. The molecule has 0 N–H and O–H groups in total. The number of hydrogen-bond acceptors (Lipinski definition) is 1. The quantitative estimate of drug-likeness (QED) is 0.401. The molecule has 4 fully saturated rings. The lowest BCUT2D eigenvalue weighted by atomic mass is 9.48. The van der Waals surface area contributed by atoms with Gasteiger partial charge in [-0.1, -0.05) is 32.1 Å². The highest BCUT2D eigenvalue weighted by molar-refractivity contribution is 6.00. The Kier molecular flexibility index (Phi) is 4.20. The molecule has 0 aromatic heterocycles. The molecule has 110 valence electrons. The molecule has 1 heteroatoms. The third-order valence-electron chi connectivity index (χ3n) is 5.88. The fourth-order valence-corrected chi connectivity index (χ4v) is 5.30. The van der Waals surface area contributed by atoms with Gasteiger partial charge in [0.2, 0.25) is 5.78 Å². The average molecular weight is 272 g/mol. The normalized spacial score (nSPS) is 37.5. The third-order valence-corrected chi connectivity index (χ3v) is 5.88. The van der Waals surface area contributed by atoms with Crippen LogP contribution in [0, 0.1) is 35.0 Å². The van der Waals surface area contributed by atoms with Crippen LogP contribution in [0.4, 0.5) is 0 Å². The lowest BCUT2D eigenvalue weighted by molar-refractivity contribution is -0.137. The molecule has 0 aromatic rings. The summed E-state index contributed by atoms with van der Waals surface area (Å²) in [5.74, 6) is 9.03. The lowest BCUT2D eigenvalue weighted by Crippen LogP contribution is -2.49. The van der Waals surface area contributed by atoms with Gasteiger partial charge in [0.15, 0.2) is 0 Å². The lowest BCUT2D eigenvalue weighted by Gasteiger charge is -2.55. The molecule has 0 radical (unpaired) electrons. The summed E-state index contributed by atoms with van der Waals surface area (Å²) in [5, 5.41) is 0. The van der Waals surface area contributed by atoms with Crippen molar-refractivity contribution in [2.75, 3.05) is 0 Å². The van der Waals surface area contributed by atoms with Gasteiger partial charge in [-0.05, 0) is 68.6 Å². The van der Waals surface area contributed by atoms with Crippen LogP contribution in [0.1, 0.15) is 77.6 Å². The van der Waals surface area contributed by atoms with Crippen LogP contribution in [0.3, 0.4) is 0 Å². The molecule has 4 aliphatic carbocycles. The third kappa shape index (κ3) is 2.80. The van der Waals surface area contributed by atoms with Crippen molar-refractivity contribution in [3.05, 3.63) is 0 Å². The van der Waals surface area contributed by atoms with Gasteiger partial charge in [0.05, 0.1) is 0 Å². The number of carbonyl (C=O) groups excluding carboxylic acids is 1. The topological polar surface area (TPSA) is 17.1 Å². The second-order valence-electron chi connectivity index (χ2n) is 7.64. The highest BCUT2D eigenvalue weighted by atomic mass is 16.1. The first-order chi connectivity index (χ1) is 9.72. The maximum Gasteiger partial charge on any atom is 0.211 e. The molecule has 0 aliphatic heterocycles. The van der Waals surface area contributed by atoms with Crippen LogP contribution in [-0.2, 0) is 4.79 Å². The maximum atomic E-state index is 12.6. The zero-order valence-corrected chi connectivity index (χ0v) is 12.9. The molecule has 0 heterocycles. The fourth-order valence-electron chi connectivity index (χ4n) is 5.30. The Morgan fingerprint density at radius 3 is 2.15 bits per heavy atom. The first-order valence-electron chi connectivity index (χ1n) is 8.75. The van der Waals surface area contributed by atoms with Gasteiger partial charge < -0.3 is 0 Å². The van der Waals surface area contributed by atoms with Gasteiger partial charge >= 0.3 is 0 Å². The summed E-state index contributed by atoms with van der Waals surface area (Å²) < 4.78 is 0. The molecule has 4 saturated carbocycles. The highest BCUT2D eigenvalue weighted by Crippen LogP contribution is 2.60. The SMILES string of the molecule is CCCCCCC#CC(=O)C12CC3CC(CC(C3)C1)C2. The van der Waals surface area contributed by atoms with Crippen LogP contribution in [0.25, 0.3) is 0 Å². The van der Waals surface area contributed by atoms with E-state index in [1.54, 1.807) is 0 Å². The monoisotopic (exact) mass is 272 g/mol. The van der Waals surface area contributed by atoms with Gasteiger partial charge in [0.1, 0.15) is 0 Å². The molecule has 4 rings (SSSR count). The van der Waals surface area contributed by atoms with Gasteiger partial charge in [0, 0.05) is 11.8 Å². The van der Waals surface area contributed by atoms with E-state index in [1.807, 2.05) is 0 Å². The predicted molar refractivity (Wildman–Crippen MR) is 82.1 cm³/mol. The van der Waals surface area contributed by atoms with E-state index in [0.717, 1.165) is 49.9 Å².